The molecule has 0 fully saturated rings. The van der Waals surface area contributed by atoms with Crippen molar-refractivity contribution in [3.8, 4) is 11.8 Å². The third-order valence-corrected chi connectivity index (χ3v) is 2.48. The second-order valence-corrected chi connectivity index (χ2v) is 4.71. The summed E-state index contributed by atoms with van der Waals surface area (Å²) in [5.74, 6) is 0.740. The van der Waals surface area contributed by atoms with Crippen molar-refractivity contribution in [1.29, 1.82) is 5.26 Å². The van der Waals surface area contributed by atoms with Gasteiger partial charge in [-0.1, -0.05) is 15.9 Å². The molecule has 4 heteroatoms. The first kappa shape index (κ1) is 13.0. The molecule has 1 rings (SSSR count). The molecule has 0 spiro atoms. The number of ether oxygens (including phenoxy) is 1. The highest BCUT2D eigenvalue weighted by Gasteiger charge is 2.00. The molecular weight excluding hydrogens is 268 g/mol. The highest BCUT2D eigenvalue weighted by atomic mass is 79.9. The molecule has 1 aromatic carbocycles. The number of hydrogen-bond acceptors (Lipinski definition) is 3. The number of nitriles is 1. The van der Waals surface area contributed by atoms with E-state index in [1.54, 1.807) is 12.1 Å². The summed E-state index contributed by atoms with van der Waals surface area (Å²) in [5.41, 5.74) is 0.608. The highest BCUT2D eigenvalue weighted by Crippen LogP contribution is 2.21. The zero-order valence-electron chi connectivity index (χ0n) is 9.53. The molecule has 0 atom stereocenters. The van der Waals surface area contributed by atoms with Crippen LogP contribution in [-0.2, 0) is 0 Å². The zero-order chi connectivity index (χ0) is 12.0. The Morgan fingerprint density at radius 3 is 2.75 bits per heavy atom. The molecule has 0 amide bonds. The van der Waals surface area contributed by atoms with Crippen LogP contribution in [0.4, 0.5) is 0 Å². The molecule has 0 saturated heterocycles. The molecule has 0 radical (unpaired) electrons. The van der Waals surface area contributed by atoms with Crippen LogP contribution < -0.4 is 4.74 Å². The molecule has 86 valence electrons. The zero-order valence-corrected chi connectivity index (χ0v) is 11.1. The Balaban J connectivity index is 2.48. The van der Waals surface area contributed by atoms with E-state index in [4.69, 9.17) is 10.00 Å². The van der Waals surface area contributed by atoms with Gasteiger partial charge < -0.3 is 9.64 Å². The molecule has 0 bridgehead atoms. The molecule has 0 aliphatic carbocycles. The fraction of sp³-hybridized carbons (Fsp3) is 0.417. The van der Waals surface area contributed by atoms with E-state index >= 15 is 0 Å². The normalized spacial score (nSPS) is 10.2. The van der Waals surface area contributed by atoms with Crippen LogP contribution in [0.1, 0.15) is 12.0 Å². The van der Waals surface area contributed by atoms with Gasteiger partial charge in [-0.3, -0.25) is 0 Å². The molecule has 0 aliphatic heterocycles. The highest BCUT2D eigenvalue weighted by molar-refractivity contribution is 9.10. The van der Waals surface area contributed by atoms with Crippen LogP contribution in [0.15, 0.2) is 22.7 Å². The average molecular weight is 283 g/mol. The van der Waals surface area contributed by atoms with Gasteiger partial charge in [0, 0.05) is 11.0 Å². The Hall–Kier alpha value is -1.05. The van der Waals surface area contributed by atoms with Crippen molar-refractivity contribution in [3.63, 3.8) is 0 Å². The van der Waals surface area contributed by atoms with Crippen LogP contribution in [-0.4, -0.2) is 32.1 Å². The minimum absolute atomic E-state index is 0.608. The number of hydrogen-bond donors (Lipinski definition) is 0. The van der Waals surface area contributed by atoms with Crippen LogP contribution in [0.25, 0.3) is 0 Å². The fourth-order valence-corrected chi connectivity index (χ4v) is 1.75. The van der Waals surface area contributed by atoms with E-state index < -0.39 is 0 Å². The Labute approximate surface area is 105 Å². The van der Waals surface area contributed by atoms with Crippen LogP contribution >= 0.6 is 15.9 Å². The maximum atomic E-state index is 8.80. The van der Waals surface area contributed by atoms with Gasteiger partial charge in [-0.25, -0.2) is 0 Å². The molecule has 16 heavy (non-hydrogen) atoms. The number of halogens is 1. The molecule has 0 aromatic heterocycles. The third kappa shape index (κ3) is 4.65. The van der Waals surface area contributed by atoms with E-state index in [-0.39, 0.29) is 0 Å². The topological polar surface area (TPSA) is 36.3 Å². The lowest BCUT2D eigenvalue weighted by Crippen LogP contribution is -2.15. The monoisotopic (exact) mass is 282 g/mol. The summed E-state index contributed by atoms with van der Waals surface area (Å²) in [6.45, 7) is 1.67. The van der Waals surface area contributed by atoms with Gasteiger partial charge in [0.15, 0.2) is 0 Å². The summed E-state index contributed by atoms with van der Waals surface area (Å²) < 4.78 is 6.44. The quantitative estimate of drug-likeness (QED) is 0.779. The van der Waals surface area contributed by atoms with Crippen molar-refractivity contribution >= 4 is 15.9 Å². The number of rotatable bonds is 5. The summed E-state index contributed by atoms with van der Waals surface area (Å²) in [7, 11) is 4.07. The van der Waals surface area contributed by atoms with Gasteiger partial charge >= 0.3 is 0 Å². The summed E-state index contributed by atoms with van der Waals surface area (Å²) >= 11 is 3.35. The Morgan fingerprint density at radius 1 is 1.38 bits per heavy atom. The van der Waals surface area contributed by atoms with E-state index in [9.17, 15) is 0 Å². The van der Waals surface area contributed by atoms with Crippen LogP contribution in [0.5, 0.6) is 5.75 Å². The van der Waals surface area contributed by atoms with Crippen molar-refractivity contribution in [1.82, 2.24) is 4.90 Å². The first-order valence-corrected chi connectivity index (χ1v) is 5.89. The molecule has 0 heterocycles. The van der Waals surface area contributed by atoms with Gasteiger partial charge in [0.2, 0.25) is 0 Å². The van der Waals surface area contributed by atoms with Crippen molar-refractivity contribution in [3.05, 3.63) is 28.2 Å². The molecular formula is C12H15BrN2O. The van der Waals surface area contributed by atoms with Gasteiger partial charge in [0.1, 0.15) is 5.75 Å². The summed E-state index contributed by atoms with van der Waals surface area (Å²) in [6.07, 6.45) is 0.974. The van der Waals surface area contributed by atoms with Crippen molar-refractivity contribution < 1.29 is 4.74 Å². The largest absolute Gasteiger partial charge is 0.493 e. The first-order chi connectivity index (χ1) is 7.61. The maximum Gasteiger partial charge on any atom is 0.121 e. The standard InChI is InChI=1S/C12H15BrN2O/c1-15(2)4-3-5-16-12-7-10(9-14)6-11(13)8-12/h6-8H,3-5H2,1-2H3. The van der Waals surface area contributed by atoms with E-state index in [0.717, 1.165) is 23.2 Å². The van der Waals surface area contributed by atoms with Gasteiger partial charge in [0.25, 0.3) is 0 Å². The van der Waals surface area contributed by atoms with Crippen molar-refractivity contribution in [2.24, 2.45) is 0 Å². The van der Waals surface area contributed by atoms with Crippen LogP contribution in [0, 0.1) is 11.3 Å². The Morgan fingerprint density at radius 2 is 2.12 bits per heavy atom. The second-order valence-electron chi connectivity index (χ2n) is 3.79. The Bertz CT molecular complexity index is 385. The summed E-state index contributed by atoms with van der Waals surface area (Å²) in [4.78, 5) is 2.12. The summed E-state index contributed by atoms with van der Waals surface area (Å²) in [5, 5.41) is 8.80. The molecule has 0 aliphatic rings. The molecule has 0 N–H and O–H groups in total. The van der Waals surface area contributed by atoms with E-state index in [1.165, 1.54) is 0 Å². The molecule has 3 nitrogen and oxygen atoms in total. The van der Waals surface area contributed by atoms with Gasteiger partial charge in [0.05, 0.1) is 18.2 Å². The lowest BCUT2D eigenvalue weighted by Gasteiger charge is -2.10. The SMILES string of the molecule is CN(C)CCCOc1cc(Br)cc(C#N)c1. The first-order valence-electron chi connectivity index (χ1n) is 5.10. The Kier molecular flexibility index (Phi) is 5.30. The maximum absolute atomic E-state index is 8.80. The van der Waals surface area contributed by atoms with Crippen LogP contribution in [0.2, 0.25) is 0 Å². The van der Waals surface area contributed by atoms with Crippen LogP contribution in [0.3, 0.4) is 0 Å². The minimum Gasteiger partial charge on any atom is -0.493 e. The lowest BCUT2D eigenvalue weighted by molar-refractivity contribution is 0.281. The van der Waals surface area contributed by atoms with Gasteiger partial charge in [-0.2, -0.15) is 5.26 Å². The minimum atomic E-state index is 0.608. The van der Waals surface area contributed by atoms with E-state index in [1.807, 2.05) is 20.2 Å². The third-order valence-electron chi connectivity index (χ3n) is 2.02. The molecule has 0 saturated carbocycles. The molecule has 1 aromatic rings. The van der Waals surface area contributed by atoms with E-state index in [0.29, 0.717) is 12.2 Å². The van der Waals surface area contributed by atoms with Gasteiger partial charge in [-0.05, 0) is 38.7 Å². The second kappa shape index (κ2) is 6.51. The summed E-state index contributed by atoms with van der Waals surface area (Å²) in [6, 6.07) is 7.49. The average Bonchev–Trinajstić information content (AvgIpc) is 2.23. The predicted octanol–water partition coefficient (Wildman–Crippen LogP) is 2.65. The fourth-order valence-electron chi connectivity index (χ4n) is 1.28. The van der Waals surface area contributed by atoms with E-state index in [2.05, 4.69) is 26.9 Å². The lowest BCUT2D eigenvalue weighted by atomic mass is 10.2. The molecule has 0 unspecified atom stereocenters. The number of benzene rings is 1. The smallest absolute Gasteiger partial charge is 0.121 e. The number of nitrogens with zero attached hydrogens (tertiary/aromatic N) is 2. The predicted molar refractivity (Wildman–Crippen MR) is 67.5 cm³/mol. The van der Waals surface area contributed by atoms with Crippen molar-refractivity contribution in [2.45, 2.75) is 6.42 Å². The van der Waals surface area contributed by atoms with Crippen molar-refractivity contribution in [2.75, 3.05) is 27.2 Å². The van der Waals surface area contributed by atoms with Gasteiger partial charge in [-0.15, -0.1) is 0 Å².